The van der Waals surface area contributed by atoms with E-state index >= 15 is 0 Å². The fourth-order valence-corrected chi connectivity index (χ4v) is 7.36. The Morgan fingerprint density at radius 1 is 1.00 bits per heavy atom. The van der Waals surface area contributed by atoms with Crippen molar-refractivity contribution in [1.29, 1.82) is 0 Å². The summed E-state index contributed by atoms with van der Waals surface area (Å²) in [6.45, 7) is 1.51. The van der Waals surface area contributed by atoms with E-state index < -0.39 is 103 Å². The number of likely N-dealkylation sites (tertiary alicyclic amines) is 1. The number of phenols is 1. The van der Waals surface area contributed by atoms with Crippen LogP contribution in [-0.2, 0) is 59.6 Å². The molecule has 1 fully saturated rings. The van der Waals surface area contributed by atoms with Crippen LogP contribution in [0.25, 0.3) is 0 Å². The first kappa shape index (κ1) is 37.4. The third-order valence-corrected chi connectivity index (χ3v) is 9.77. The molecule has 1 saturated heterocycles. The first-order valence-corrected chi connectivity index (χ1v) is 15.8. The van der Waals surface area contributed by atoms with Gasteiger partial charge in [0.25, 0.3) is 0 Å². The monoisotopic (exact) mass is 723 g/mol. The summed E-state index contributed by atoms with van der Waals surface area (Å²) in [6, 6.07) is 2.89. The molecule has 2 unspecified atom stereocenters. The first-order valence-electron chi connectivity index (χ1n) is 15.8. The Hall–Kier alpha value is -4.82. The van der Waals surface area contributed by atoms with Crippen molar-refractivity contribution in [1.82, 2.24) is 4.90 Å². The maximum absolute atomic E-state index is 13.4. The summed E-state index contributed by atoms with van der Waals surface area (Å²) in [7, 11) is 1.89. The zero-order chi connectivity index (χ0) is 37.6. The van der Waals surface area contributed by atoms with E-state index in [4.69, 9.17) is 34.3 Å². The van der Waals surface area contributed by atoms with Crippen LogP contribution in [-0.4, -0.2) is 139 Å². The minimum atomic E-state index is -2.35. The zero-order valence-corrected chi connectivity index (χ0v) is 27.3. The number of aliphatic hydroxyl groups excluding tert-OH is 2. The van der Waals surface area contributed by atoms with E-state index in [1.807, 2.05) is 11.9 Å². The lowest BCUT2D eigenvalue weighted by atomic mass is 9.50. The van der Waals surface area contributed by atoms with Gasteiger partial charge in [0.15, 0.2) is 42.2 Å². The number of phenolic OH excluding ortho intramolecular Hbond substituents is 1. The summed E-state index contributed by atoms with van der Waals surface area (Å²) in [5.74, 6) is -9.26. The van der Waals surface area contributed by atoms with E-state index in [9.17, 15) is 49.2 Å². The second-order valence-electron chi connectivity index (χ2n) is 12.9. The number of hydrogen-bond donors (Lipinski definition) is 7. The second-order valence-corrected chi connectivity index (χ2v) is 12.9. The normalized spacial score (nSPS) is 27.3. The average Bonchev–Trinajstić information content (AvgIpc) is 3.40. The van der Waals surface area contributed by atoms with E-state index in [2.05, 4.69) is 4.74 Å². The predicted molar refractivity (Wildman–Crippen MR) is 162 cm³/mol. The van der Waals surface area contributed by atoms with Crippen molar-refractivity contribution < 1.29 is 88.2 Å². The van der Waals surface area contributed by atoms with Crippen molar-refractivity contribution in [2.45, 2.75) is 99.3 Å². The summed E-state index contributed by atoms with van der Waals surface area (Å²) in [5, 5.41) is 70.3. The number of aromatic hydroxyl groups is 1. The molecule has 2 heterocycles. The molecule has 1 spiro atoms. The standard InChI is InChI=1S/C32H37NO18/c1-13(29(44)50-18(28(42)43)11-21(36)37)47-30(45)19(49-22(38)10-16(35)27(40)41)12-23(39)48-17-5-6-32(46)20-9-14-3-4-15(34)25-24(14)31(32,26(17)51-25)7-8-33(20)2/h3-5,13,16,18-20,26,30,34-35,45-46H,6-12H2,1-2H3,(H,36,37)(H,40,41)(H,42,43)/t13-,16-,18+,19-,20+,26-,30?,31?,32+/m0/s1. The lowest BCUT2D eigenvalue weighted by Crippen LogP contribution is -2.74. The quantitative estimate of drug-likeness (QED) is 0.0618. The van der Waals surface area contributed by atoms with E-state index in [0.717, 1.165) is 12.5 Å². The highest BCUT2D eigenvalue weighted by atomic mass is 16.7. The van der Waals surface area contributed by atoms with Crippen LogP contribution in [0.5, 0.6) is 11.5 Å². The summed E-state index contributed by atoms with van der Waals surface area (Å²) in [5.41, 5.74) is -1.04. The number of esters is 3. The highest BCUT2D eigenvalue weighted by Crippen LogP contribution is 2.65. The number of ether oxygens (including phenoxy) is 5. The van der Waals surface area contributed by atoms with Crippen LogP contribution in [0.3, 0.4) is 0 Å². The van der Waals surface area contributed by atoms with Gasteiger partial charge in [-0.1, -0.05) is 6.07 Å². The molecular formula is C32H37NO18. The fourth-order valence-electron chi connectivity index (χ4n) is 7.36. The maximum Gasteiger partial charge on any atom is 0.345 e. The Bertz CT molecular complexity index is 1660. The minimum Gasteiger partial charge on any atom is -0.504 e. The molecule has 0 amide bonds. The number of nitrogens with zero attached hydrogens (tertiary/aromatic N) is 1. The van der Waals surface area contributed by atoms with E-state index in [1.165, 1.54) is 12.1 Å². The molecule has 19 nitrogen and oxygen atoms in total. The van der Waals surface area contributed by atoms with Crippen molar-refractivity contribution in [3.8, 4) is 11.5 Å². The predicted octanol–water partition coefficient (Wildman–Crippen LogP) is -1.45. The Morgan fingerprint density at radius 3 is 2.35 bits per heavy atom. The molecule has 0 radical (unpaired) electrons. The van der Waals surface area contributed by atoms with Gasteiger partial charge in [-0.3, -0.25) is 14.4 Å². The number of carbonyl (C=O) groups excluding carboxylic acids is 3. The molecule has 2 aliphatic carbocycles. The molecule has 9 atom stereocenters. The van der Waals surface area contributed by atoms with Crippen LogP contribution in [0.4, 0.5) is 0 Å². The van der Waals surface area contributed by atoms with Gasteiger partial charge in [0, 0.05) is 18.0 Å². The van der Waals surface area contributed by atoms with Gasteiger partial charge >= 0.3 is 35.8 Å². The molecule has 5 rings (SSSR count). The SMILES string of the molecule is C[C@H](OC(O)[C@H](CC(=O)OC1=CC[C@@]2(O)[C@H]3Cc4ccc(O)c5c4C2(CCN3C)[C@H]1O5)OC(=O)C[C@H](O)C(=O)O)C(=O)O[C@H](CC(=O)O)C(=O)O. The number of aliphatic hydroxyl groups is 3. The summed E-state index contributed by atoms with van der Waals surface area (Å²) >= 11 is 0. The number of aliphatic carboxylic acids is 3. The van der Waals surface area contributed by atoms with Crippen LogP contribution >= 0.6 is 0 Å². The van der Waals surface area contributed by atoms with Crippen molar-refractivity contribution in [2.24, 2.45) is 0 Å². The van der Waals surface area contributed by atoms with Crippen LogP contribution in [0, 0.1) is 0 Å². The molecule has 0 aromatic heterocycles. The number of carbonyl (C=O) groups is 6. The highest BCUT2D eigenvalue weighted by molar-refractivity contribution is 5.84. The third kappa shape index (κ3) is 6.81. The number of likely N-dealkylation sites (N-methyl/N-ethyl adjacent to an activating group) is 1. The molecule has 2 bridgehead atoms. The van der Waals surface area contributed by atoms with Crippen molar-refractivity contribution >= 4 is 35.8 Å². The Kier molecular flexibility index (Phi) is 10.3. The van der Waals surface area contributed by atoms with Crippen molar-refractivity contribution in [2.75, 3.05) is 13.6 Å². The van der Waals surface area contributed by atoms with Gasteiger partial charge in [0.2, 0.25) is 6.10 Å². The van der Waals surface area contributed by atoms with Gasteiger partial charge in [-0.25, -0.2) is 14.4 Å². The molecule has 2 aliphatic heterocycles. The van der Waals surface area contributed by atoms with Gasteiger partial charge in [-0.05, 0) is 51.1 Å². The third-order valence-electron chi connectivity index (χ3n) is 9.77. The van der Waals surface area contributed by atoms with Crippen LogP contribution in [0.2, 0.25) is 0 Å². The highest BCUT2D eigenvalue weighted by Gasteiger charge is 2.72. The van der Waals surface area contributed by atoms with Crippen LogP contribution < -0.4 is 4.74 Å². The van der Waals surface area contributed by atoms with E-state index in [0.29, 0.717) is 24.9 Å². The molecule has 1 aromatic rings. The number of hydrogen-bond acceptors (Lipinski definition) is 16. The first-order chi connectivity index (χ1) is 23.9. The second kappa shape index (κ2) is 14.1. The van der Waals surface area contributed by atoms with Crippen molar-refractivity contribution in [3.05, 3.63) is 35.1 Å². The lowest BCUT2D eigenvalue weighted by Gasteiger charge is -2.61. The Balaban J connectivity index is 1.35. The Labute approximate surface area is 288 Å². The molecule has 7 N–H and O–H groups in total. The largest absolute Gasteiger partial charge is 0.504 e. The summed E-state index contributed by atoms with van der Waals surface area (Å²) < 4.78 is 26.7. The fraction of sp³-hybridized carbons (Fsp3) is 0.562. The molecule has 51 heavy (non-hydrogen) atoms. The van der Waals surface area contributed by atoms with Crippen molar-refractivity contribution in [3.63, 3.8) is 0 Å². The van der Waals surface area contributed by atoms with Gasteiger partial charge in [-0.15, -0.1) is 0 Å². The molecule has 4 aliphatic rings. The van der Waals surface area contributed by atoms with Gasteiger partial charge in [0.1, 0.15) is 5.76 Å². The van der Waals surface area contributed by atoms with Crippen LogP contribution in [0.1, 0.15) is 50.2 Å². The van der Waals surface area contributed by atoms with Gasteiger partial charge in [-0.2, -0.15) is 0 Å². The number of piperidine rings is 1. The molecule has 19 heteroatoms. The van der Waals surface area contributed by atoms with Gasteiger partial charge < -0.3 is 64.3 Å². The van der Waals surface area contributed by atoms with Crippen LogP contribution in [0.15, 0.2) is 24.0 Å². The number of benzene rings is 1. The lowest BCUT2D eigenvalue weighted by molar-refractivity contribution is -0.216. The molecule has 1 aromatic carbocycles. The average molecular weight is 724 g/mol. The number of rotatable bonds is 15. The smallest absolute Gasteiger partial charge is 0.345 e. The molecule has 278 valence electrons. The summed E-state index contributed by atoms with van der Waals surface area (Å²) in [6.07, 6.45) is -12.5. The van der Waals surface area contributed by atoms with E-state index in [-0.39, 0.29) is 29.7 Å². The number of carboxylic acid groups (broad SMARTS) is 3. The maximum atomic E-state index is 13.4. The topological polar surface area (TPSA) is 293 Å². The number of carboxylic acids is 3. The zero-order valence-electron chi connectivity index (χ0n) is 27.3. The Morgan fingerprint density at radius 2 is 1.71 bits per heavy atom. The minimum absolute atomic E-state index is 0.0229. The molecular weight excluding hydrogens is 686 g/mol. The van der Waals surface area contributed by atoms with E-state index in [1.54, 1.807) is 6.07 Å². The summed E-state index contributed by atoms with van der Waals surface area (Å²) in [4.78, 5) is 73.7. The molecule has 0 saturated carbocycles. The van der Waals surface area contributed by atoms with Gasteiger partial charge in [0.05, 0.1) is 30.3 Å².